The third-order valence-electron chi connectivity index (χ3n) is 2.79. The fraction of sp³-hybridized carbons (Fsp3) is 0.417. The molecule has 0 saturated carbocycles. The molecule has 102 valence electrons. The van der Waals surface area contributed by atoms with Crippen LogP contribution in [0.4, 0.5) is 0 Å². The molecule has 0 aliphatic heterocycles. The molecule has 0 radical (unpaired) electrons. The van der Waals surface area contributed by atoms with Crippen LogP contribution < -0.4 is 5.73 Å². The zero-order chi connectivity index (χ0) is 13.2. The number of carbonyl (C=O) groups excluding carboxylic acids is 1. The summed E-state index contributed by atoms with van der Waals surface area (Å²) < 4.78 is 5.51. The average Bonchev–Trinajstić information content (AvgIpc) is 2.30. The van der Waals surface area contributed by atoms with E-state index >= 15 is 0 Å². The monoisotopic (exact) mass is 355 g/mol. The first kappa shape index (κ1) is 17.7. The van der Waals surface area contributed by atoms with Crippen LogP contribution in [0.15, 0.2) is 22.7 Å². The number of rotatable bonds is 3. The number of nitrogens with two attached hydrogens (primary N) is 1. The summed E-state index contributed by atoms with van der Waals surface area (Å²) in [4.78, 5) is 11.7. The number of halogens is 3. The van der Waals surface area contributed by atoms with E-state index in [4.69, 9.17) is 22.1 Å². The predicted octanol–water partition coefficient (Wildman–Crippen LogP) is 3.72. The van der Waals surface area contributed by atoms with Crippen molar-refractivity contribution in [1.82, 2.24) is 0 Å². The average molecular weight is 357 g/mol. The Morgan fingerprint density at radius 1 is 1.50 bits per heavy atom. The largest absolute Gasteiger partial charge is 0.469 e. The fourth-order valence-corrected chi connectivity index (χ4v) is 2.03. The van der Waals surface area contributed by atoms with Gasteiger partial charge < -0.3 is 10.5 Å². The second-order valence-corrected chi connectivity index (χ2v) is 5.63. The summed E-state index contributed by atoms with van der Waals surface area (Å²) >= 11 is 9.24. The van der Waals surface area contributed by atoms with Gasteiger partial charge in [0.05, 0.1) is 17.5 Å². The lowest BCUT2D eigenvalue weighted by Gasteiger charge is -2.29. The molecule has 0 fully saturated rings. The summed E-state index contributed by atoms with van der Waals surface area (Å²) in [5.74, 6) is -0.337. The minimum atomic E-state index is -0.790. The molecule has 0 aliphatic rings. The van der Waals surface area contributed by atoms with E-state index in [1.807, 2.05) is 12.1 Å². The maximum absolute atomic E-state index is 11.7. The molecular weight excluding hydrogens is 341 g/mol. The van der Waals surface area contributed by atoms with Crippen molar-refractivity contribution in [2.75, 3.05) is 7.11 Å². The van der Waals surface area contributed by atoms with Crippen LogP contribution in [0.5, 0.6) is 0 Å². The molecule has 0 amide bonds. The summed E-state index contributed by atoms with van der Waals surface area (Å²) in [6.07, 6.45) is 0. The van der Waals surface area contributed by atoms with Crippen molar-refractivity contribution in [2.24, 2.45) is 11.1 Å². The number of esters is 1. The second kappa shape index (κ2) is 6.75. The second-order valence-electron chi connectivity index (χ2n) is 4.36. The Morgan fingerprint density at radius 3 is 2.50 bits per heavy atom. The highest BCUT2D eigenvalue weighted by Crippen LogP contribution is 2.35. The SMILES string of the molecule is COC(=O)C(C)(C)[C@@H](N)c1ccc(Cl)c(Br)c1.Cl. The first-order valence-corrected chi connectivity index (χ1v) is 6.26. The van der Waals surface area contributed by atoms with Gasteiger partial charge in [0.25, 0.3) is 0 Å². The Labute approximate surface area is 127 Å². The van der Waals surface area contributed by atoms with Crippen LogP contribution in [0.2, 0.25) is 5.02 Å². The van der Waals surface area contributed by atoms with Crippen molar-refractivity contribution >= 4 is 45.9 Å². The minimum Gasteiger partial charge on any atom is -0.469 e. The highest BCUT2D eigenvalue weighted by Gasteiger charge is 2.36. The van der Waals surface area contributed by atoms with Crippen LogP contribution in [0.25, 0.3) is 0 Å². The van der Waals surface area contributed by atoms with Gasteiger partial charge in [-0.2, -0.15) is 0 Å². The Balaban J connectivity index is 0.00000289. The smallest absolute Gasteiger partial charge is 0.313 e. The molecule has 1 aromatic carbocycles. The number of benzene rings is 1. The van der Waals surface area contributed by atoms with Crippen LogP contribution in [-0.4, -0.2) is 13.1 Å². The van der Waals surface area contributed by atoms with Crippen LogP contribution in [-0.2, 0) is 9.53 Å². The molecule has 1 atom stereocenters. The van der Waals surface area contributed by atoms with E-state index in [1.165, 1.54) is 7.11 Å². The number of hydrogen-bond donors (Lipinski definition) is 1. The van der Waals surface area contributed by atoms with Gasteiger partial charge in [0.2, 0.25) is 0 Å². The number of carbonyl (C=O) groups is 1. The van der Waals surface area contributed by atoms with Gasteiger partial charge in [0.1, 0.15) is 0 Å². The van der Waals surface area contributed by atoms with Crippen molar-refractivity contribution in [3.8, 4) is 0 Å². The summed E-state index contributed by atoms with van der Waals surface area (Å²) in [6, 6.07) is 4.91. The topological polar surface area (TPSA) is 52.3 Å². The van der Waals surface area contributed by atoms with E-state index in [0.717, 1.165) is 10.0 Å². The molecule has 0 unspecified atom stereocenters. The first-order valence-electron chi connectivity index (χ1n) is 5.09. The van der Waals surface area contributed by atoms with Crippen molar-refractivity contribution < 1.29 is 9.53 Å². The molecule has 0 spiro atoms. The van der Waals surface area contributed by atoms with Gasteiger partial charge in [-0.3, -0.25) is 4.79 Å². The lowest BCUT2D eigenvalue weighted by Crippen LogP contribution is -2.37. The van der Waals surface area contributed by atoms with Gasteiger partial charge in [-0.05, 0) is 47.5 Å². The lowest BCUT2D eigenvalue weighted by molar-refractivity contribution is -0.152. The number of hydrogen-bond acceptors (Lipinski definition) is 3. The molecule has 0 aromatic heterocycles. The maximum atomic E-state index is 11.7. The summed E-state index contributed by atoms with van der Waals surface area (Å²) in [5, 5.41) is 0.608. The van der Waals surface area contributed by atoms with Crippen molar-refractivity contribution in [3.63, 3.8) is 0 Å². The quantitative estimate of drug-likeness (QED) is 0.839. The number of methoxy groups -OCH3 is 1. The van der Waals surface area contributed by atoms with Gasteiger partial charge >= 0.3 is 5.97 Å². The van der Waals surface area contributed by atoms with Crippen LogP contribution >= 0.6 is 39.9 Å². The van der Waals surface area contributed by atoms with Crippen LogP contribution in [0.3, 0.4) is 0 Å². The Bertz CT molecular complexity index is 438. The van der Waals surface area contributed by atoms with Gasteiger partial charge in [-0.1, -0.05) is 17.7 Å². The highest BCUT2D eigenvalue weighted by molar-refractivity contribution is 9.10. The fourth-order valence-electron chi connectivity index (χ4n) is 1.51. The maximum Gasteiger partial charge on any atom is 0.313 e. The Morgan fingerprint density at radius 2 is 2.06 bits per heavy atom. The van der Waals surface area contributed by atoms with E-state index in [2.05, 4.69) is 15.9 Å². The third-order valence-corrected chi connectivity index (χ3v) is 4.01. The van der Waals surface area contributed by atoms with E-state index in [-0.39, 0.29) is 18.4 Å². The van der Waals surface area contributed by atoms with E-state index in [0.29, 0.717) is 5.02 Å². The van der Waals surface area contributed by atoms with E-state index in [1.54, 1.807) is 19.9 Å². The molecule has 1 aromatic rings. The Hall–Kier alpha value is -0.290. The van der Waals surface area contributed by atoms with Crippen molar-refractivity contribution in [3.05, 3.63) is 33.3 Å². The summed E-state index contributed by atoms with van der Waals surface area (Å²) in [5.41, 5.74) is 6.14. The molecule has 0 saturated heterocycles. The summed E-state index contributed by atoms with van der Waals surface area (Å²) in [7, 11) is 1.36. The van der Waals surface area contributed by atoms with Gasteiger partial charge in [0, 0.05) is 10.5 Å². The summed E-state index contributed by atoms with van der Waals surface area (Å²) in [6.45, 7) is 3.51. The molecule has 0 bridgehead atoms. The van der Waals surface area contributed by atoms with Crippen molar-refractivity contribution in [2.45, 2.75) is 19.9 Å². The normalized spacial score (nSPS) is 12.6. The molecule has 18 heavy (non-hydrogen) atoms. The van der Waals surface area contributed by atoms with Gasteiger partial charge in [-0.25, -0.2) is 0 Å². The van der Waals surface area contributed by atoms with E-state index in [9.17, 15) is 4.79 Å². The predicted molar refractivity (Wildman–Crippen MR) is 79.1 cm³/mol. The zero-order valence-electron chi connectivity index (χ0n) is 10.4. The minimum absolute atomic E-state index is 0. The molecule has 0 heterocycles. The first-order chi connectivity index (χ1) is 7.80. The van der Waals surface area contributed by atoms with Crippen LogP contribution in [0, 0.1) is 5.41 Å². The molecule has 6 heteroatoms. The Kier molecular flexibility index (Phi) is 6.65. The number of ether oxygens (including phenoxy) is 1. The highest BCUT2D eigenvalue weighted by atomic mass is 79.9. The molecule has 0 aliphatic carbocycles. The molecular formula is C12H16BrCl2NO2. The standard InChI is InChI=1S/C12H15BrClNO2.ClH/c1-12(2,11(16)17-3)10(15)7-4-5-9(14)8(13)6-7;/h4-6,10H,15H2,1-3H3;1H/t10-;/m0./s1. The van der Waals surface area contributed by atoms with Crippen molar-refractivity contribution in [1.29, 1.82) is 0 Å². The molecule has 3 nitrogen and oxygen atoms in total. The van der Waals surface area contributed by atoms with Gasteiger partial charge in [-0.15, -0.1) is 12.4 Å². The third kappa shape index (κ3) is 3.60. The molecule has 1 rings (SSSR count). The van der Waals surface area contributed by atoms with E-state index < -0.39 is 11.5 Å². The lowest BCUT2D eigenvalue weighted by atomic mass is 9.81. The van der Waals surface area contributed by atoms with Gasteiger partial charge in [0.15, 0.2) is 0 Å². The molecule has 2 N–H and O–H groups in total. The van der Waals surface area contributed by atoms with Crippen LogP contribution in [0.1, 0.15) is 25.5 Å². The zero-order valence-corrected chi connectivity index (χ0v) is 13.5.